The minimum Gasteiger partial charge on any atom is -0.322 e. The topological polar surface area (TPSA) is 36.1 Å². The Labute approximate surface area is 120 Å². The minimum absolute atomic E-state index is 0.0863. The SMILES string of the molecule is CC.CN1CCC(c2cc3ccccc3[nH]c2=O)CC1. The maximum absolute atomic E-state index is 12.1. The summed E-state index contributed by atoms with van der Waals surface area (Å²) < 4.78 is 0. The first-order valence-corrected chi connectivity index (χ1v) is 7.54. The van der Waals surface area contributed by atoms with Gasteiger partial charge in [0.2, 0.25) is 0 Å². The van der Waals surface area contributed by atoms with E-state index < -0.39 is 0 Å². The van der Waals surface area contributed by atoms with E-state index >= 15 is 0 Å². The van der Waals surface area contributed by atoms with Crippen LogP contribution in [-0.2, 0) is 0 Å². The molecule has 0 unspecified atom stereocenters. The molecule has 0 amide bonds. The van der Waals surface area contributed by atoms with Gasteiger partial charge in [-0.15, -0.1) is 0 Å². The van der Waals surface area contributed by atoms with Crippen LogP contribution in [0.1, 0.15) is 38.2 Å². The van der Waals surface area contributed by atoms with Crippen LogP contribution in [0, 0.1) is 0 Å². The number of benzene rings is 1. The van der Waals surface area contributed by atoms with Crippen molar-refractivity contribution in [2.24, 2.45) is 0 Å². The van der Waals surface area contributed by atoms with Gasteiger partial charge in [0.15, 0.2) is 0 Å². The van der Waals surface area contributed by atoms with Gasteiger partial charge in [0.1, 0.15) is 0 Å². The van der Waals surface area contributed by atoms with Gasteiger partial charge in [-0.3, -0.25) is 4.79 Å². The lowest BCUT2D eigenvalue weighted by molar-refractivity contribution is 0.255. The van der Waals surface area contributed by atoms with E-state index in [1.807, 2.05) is 32.0 Å². The average Bonchev–Trinajstić information content (AvgIpc) is 2.49. The van der Waals surface area contributed by atoms with Gasteiger partial charge in [0.25, 0.3) is 5.56 Å². The van der Waals surface area contributed by atoms with E-state index in [1.54, 1.807) is 0 Å². The third kappa shape index (κ3) is 3.10. The molecule has 0 spiro atoms. The van der Waals surface area contributed by atoms with Crippen molar-refractivity contribution in [3.63, 3.8) is 0 Å². The first-order valence-electron chi connectivity index (χ1n) is 7.54. The molecule has 3 rings (SSSR count). The highest BCUT2D eigenvalue weighted by Gasteiger charge is 2.20. The molecule has 0 bridgehead atoms. The lowest BCUT2D eigenvalue weighted by Gasteiger charge is -2.28. The zero-order valence-corrected chi connectivity index (χ0v) is 12.6. The van der Waals surface area contributed by atoms with Gasteiger partial charge >= 0.3 is 0 Å². The molecule has 1 N–H and O–H groups in total. The van der Waals surface area contributed by atoms with Crippen molar-refractivity contribution < 1.29 is 0 Å². The summed E-state index contributed by atoms with van der Waals surface area (Å²) in [5.74, 6) is 0.412. The lowest BCUT2D eigenvalue weighted by atomic mass is 9.90. The van der Waals surface area contributed by atoms with Crippen molar-refractivity contribution in [1.82, 2.24) is 9.88 Å². The fraction of sp³-hybridized carbons (Fsp3) is 0.471. The highest BCUT2D eigenvalue weighted by Crippen LogP contribution is 2.26. The van der Waals surface area contributed by atoms with E-state index in [2.05, 4.69) is 29.1 Å². The number of hydrogen-bond donors (Lipinski definition) is 1. The molecule has 1 aromatic heterocycles. The second-order valence-corrected chi connectivity index (χ2v) is 5.22. The second-order valence-electron chi connectivity index (χ2n) is 5.22. The van der Waals surface area contributed by atoms with Crippen molar-refractivity contribution in [2.75, 3.05) is 20.1 Å². The van der Waals surface area contributed by atoms with Crippen LogP contribution in [0.25, 0.3) is 10.9 Å². The maximum Gasteiger partial charge on any atom is 0.251 e. The monoisotopic (exact) mass is 272 g/mol. The van der Waals surface area contributed by atoms with Crippen LogP contribution >= 0.6 is 0 Å². The number of likely N-dealkylation sites (tertiary alicyclic amines) is 1. The largest absolute Gasteiger partial charge is 0.322 e. The van der Waals surface area contributed by atoms with Crippen LogP contribution in [0.4, 0.5) is 0 Å². The van der Waals surface area contributed by atoms with E-state index in [4.69, 9.17) is 0 Å². The first-order chi connectivity index (χ1) is 9.74. The summed E-state index contributed by atoms with van der Waals surface area (Å²) in [4.78, 5) is 17.5. The van der Waals surface area contributed by atoms with Crippen molar-refractivity contribution >= 4 is 10.9 Å². The zero-order valence-electron chi connectivity index (χ0n) is 12.6. The van der Waals surface area contributed by atoms with Gasteiger partial charge in [-0.2, -0.15) is 0 Å². The predicted molar refractivity (Wildman–Crippen MR) is 85.4 cm³/mol. The maximum atomic E-state index is 12.1. The number of pyridine rings is 1. The highest BCUT2D eigenvalue weighted by atomic mass is 16.1. The smallest absolute Gasteiger partial charge is 0.251 e. The van der Waals surface area contributed by atoms with Crippen LogP contribution in [0.3, 0.4) is 0 Å². The Hall–Kier alpha value is -1.61. The summed E-state index contributed by atoms with van der Waals surface area (Å²) in [6.07, 6.45) is 2.16. The summed E-state index contributed by atoms with van der Waals surface area (Å²) in [6.45, 7) is 6.16. The molecular formula is C17H24N2O. The zero-order chi connectivity index (χ0) is 14.5. The molecule has 1 saturated heterocycles. The molecule has 0 radical (unpaired) electrons. The molecular weight excluding hydrogens is 248 g/mol. The number of nitrogens with zero attached hydrogens (tertiary/aromatic N) is 1. The third-order valence-electron chi connectivity index (χ3n) is 3.94. The molecule has 3 nitrogen and oxygen atoms in total. The molecule has 0 atom stereocenters. The lowest BCUT2D eigenvalue weighted by Crippen LogP contribution is -2.31. The van der Waals surface area contributed by atoms with Gasteiger partial charge < -0.3 is 9.88 Å². The normalized spacial score (nSPS) is 16.8. The quantitative estimate of drug-likeness (QED) is 0.864. The van der Waals surface area contributed by atoms with Gasteiger partial charge in [0.05, 0.1) is 0 Å². The van der Waals surface area contributed by atoms with Crippen molar-refractivity contribution in [3.05, 3.63) is 46.2 Å². The Kier molecular flexibility index (Phi) is 4.96. The second kappa shape index (κ2) is 6.71. The Morgan fingerprint density at radius 2 is 1.80 bits per heavy atom. The van der Waals surface area contributed by atoms with Crippen LogP contribution in [0.15, 0.2) is 35.1 Å². The summed E-state index contributed by atoms with van der Waals surface area (Å²) in [5, 5.41) is 1.13. The summed E-state index contributed by atoms with van der Waals surface area (Å²) >= 11 is 0. The molecule has 108 valence electrons. The number of aromatic nitrogens is 1. The molecule has 1 aliphatic heterocycles. The summed E-state index contributed by atoms with van der Waals surface area (Å²) in [7, 11) is 2.14. The Balaban J connectivity index is 0.000000704. The summed E-state index contributed by atoms with van der Waals surface area (Å²) in [5.41, 5.74) is 1.98. The number of fused-ring (bicyclic) bond motifs is 1. The van der Waals surface area contributed by atoms with Crippen LogP contribution in [0.5, 0.6) is 0 Å². The van der Waals surface area contributed by atoms with Crippen molar-refractivity contribution in [3.8, 4) is 0 Å². The molecule has 1 aliphatic rings. The van der Waals surface area contributed by atoms with Crippen LogP contribution in [0.2, 0.25) is 0 Å². The number of hydrogen-bond acceptors (Lipinski definition) is 2. The predicted octanol–water partition coefficient (Wildman–Crippen LogP) is 3.36. The third-order valence-corrected chi connectivity index (χ3v) is 3.94. The Morgan fingerprint density at radius 3 is 2.50 bits per heavy atom. The first kappa shape index (κ1) is 14.8. The molecule has 2 heterocycles. The Bertz CT molecular complexity index is 610. The molecule has 0 saturated carbocycles. The molecule has 20 heavy (non-hydrogen) atoms. The highest BCUT2D eigenvalue weighted by molar-refractivity contribution is 5.78. The number of nitrogens with one attached hydrogen (secondary N) is 1. The summed E-state index contributed by atoms with van der Waals surface area (Å²) in [6, 6.07) is 10.1. The van der Waals surface area contributed by atoms with Gasteiger partial charge in [0, 0.05) is 11.1 Å². The molecule has 2 aromatic rings. The number of para-hydroxylation sites is 1. The number of rotatable bonds is 1. The van der Waals surface area contributed by atoms with Crippen molar-refractivity contribution in [2.45, 2.75) is 32.6 Å². The van der Waals surface area contributed by atoms with Gasteiger partial charge in [-0.1, -0.05) is 32.0 Å². The molecule has 3 heteroatoms. The van der Waals surface area contributed by atoms with Gasteiger partial charge in [-0.25, -0.2) is 0 Å². The van der Waals surface area contributed by atoms with E-state index in [1.165, 1.54) is 0 Å². The van der Waals surface area contributed by atoms with E-state index in [0.717, 1.165) is 42.4 Å². The molecule has 1 fully saturated rings. The average molecular weight is 272 g/mol. The van der Waals surface area contributed by atoms with E-state index in [9.17, 15) is 4.79 Å². The number of piperidine rings is 1. The fourth-order valence-electron chi connectivity index (χ4n) is 2.79. The van der Waals surface area contributed by atoms with Gasteiger partial charge in [-0.05, 0) is 56.4 Å². The minimum atomic E-state index is 0.0863. The van der Waals surface area contributed by atoms with E-state index in [-0.39, 0.29) is 5.56 Å². The number of H-pyrrole nitrogens is 1. The standard InChI is InChI=1S/C15H18N2O.C2H6/c1-17-8-6-11(7-9-17)13-10-12-4-2-3-5-14(12)16-15(13)18;1-2/h2-5,10-11H,6-9H2,1H3,(H,16,18);1-2H3. The number of aromatic amines is 1. The molecule has 0 aliphatic carbocycles. The fourth-order valence-corrected chi connectivity index (χ4v) is 2.79. The Morgan fingerprint density at radius 1 is 1.15 bits per heavy atom. The van der Waals surface area contributed by atoms with Crippen molar-refractivity contribution in [1.29, 1.82) is 0 Å². The van der Waals surface area contributed by atoms with Crippen LogP contribution < -0.4 is 5.56 Å². The van der Waals surface area contributed by atoms with Crippen LogP contribution in [-0.4, -0.2) is 30.0 Å². The molecule has 1 aromatic carbocycles. The van der Waals surface area contributed by atoms with E-state index in [0.29, 0.717) is 5.92 Å².